The molecule has 0 spiro atoms. The van der Waals surface area contributed by atoms with Crippen LogP contribution < -0.4 is 20.1 Å². The van der Waals surface area contributed by atoms with Crippen molar-refractivity contribution in [3.63, 3.8) is 0 Å². The van der Waals surface area contributed by atoms with Gasteiger partial charge in [0.25, 0.3) is 0 Å². The van der Waals surface area contributed by atoms with Gasteiger partial charge in [0.2, 0.25) is 0 Å². The first-order valence-electron chi connectivity index (χ1n) is 9.78. The van der Waals surface area contributed by atoms with E-state index in [1.54, 1.807) is 7.11 Å². The van der Waals surface area contributed by atoms with Gasteiger partial charge < -0.3 is 25.0 Å². The maximum absolute atomic E-state index is 5.58. The van der Waals surface area contributed by atoms with Gasteiger partial charge >= 0.3 is 0 Å². The van der Waals surface area contributed by atoms with E-state index >= 15 is 0 Å². The Hall–Kier alpha value is -1.95. The van der Waals surface area contributed by atoms with E-state index in [2.05, 4.69) is 29.4 Å². The van der Waals surface area contributed by atoms with Crippen LogP contribution in [-0.2, 0) is 0 Å². The molecule has 1 fully saturated rings. The number of aliphatic imine (C=N–C) groups is 1. The molecule has 2 rings (SSSR count). The van der Waals surface area contributed by atoms with Crippen LogP contribution >= 0.6 is 0 Å². The topological polar surface area (TPSA) is 58.1 Å². The van der Waals surface area contributed by atoms with Crippen molar-refractivity contribution < 1.29 is 9.47 Å². The Kier molecular flexibility index (Phi) is 8.54. The number of hydrogen-bond donors (Lipinski definition) is 2. The van der Waals surface area contributed by atoms with Gasteiger partial charge in [0, 0.05) is 31.4 Å². The fraction of sp³-hybridized carbons (Fsp3) is 0.650. The van der Waals surface area contributed by atoms with E-state index in [-0.39, 0.29) is 0 Å². The number of nitrogens with one attached hydrogen (secondary N) is 2. The first-order valence-corrected chi connectivity index (χ1v) is 9.78. The van der Waals surface area contributed by atoms with Crippen LogP contribution in [0.1, 0.15) is 33.6 Å². The van der Waals surface area contributed by atoms with Gasteiger partial charge in [0.05, 0.1) is 13.7 Å². The number of benzene rings is 1. The zero-order chi connectivity index (χ0) is 18.8. The molecule has 1 saturated heterocycles. The number of likely N-dealkylation sites (tertiary alicyclic amines) is 1. The lowest BCUT2D eigenvalue weighted by molar-refractivity contribution is 0.187. The largest absolute Gasteiger partial charge is 0.493 e. The summed E-state index contributed by atoms with van der Waals surface area (Å²) < 4.78 is 11.0. The molecule has 1 aliphatic rings. The van der Waals surface area contributed by atoms with Gasteiger partial charge in [-0.05, 0) is 57.8 Å². The Morgan fingerprint density at radius 3 is 2.81 bits per heavy atom. The molecule has 0 aromatic heterocycles. The highest BCUT2D eigenvalue weighted by Gasteiger charge is 2.18. The van der Waals surface area contributed by atoms with E-state index in [0.29, 0.717) is 12.5 Å². The molecule has 0 radical (unpaired) electrons. The molecule has 6 heteroatoms. The Labute approximate surface area is 158 Å². The molecule has 0 bridgehead atoms. The molecule has 1 unspecified atom stereocenters. The molecule has 2 N–H and O–H groups in total. The first-order chi connectivity index (χ1) is 12.7. The van der Waals surface area contributed by atoms with Crippen molar-refractivity contribution in [2.75, 3.05) is 51.8 Å². The molecule has 1 aromatic rings. The third-order valence-electron chi connectivity index (χ3n) is 4.63. The number of anilines is 1. The number of hydrogen-bond acceptors (Lipinski definition) is 4. The Morgan fingerprint density at radius 1 is 1.27 bits per heavy atom. The van der Waals surface area contributed by atoms with E-state index in [4.69, 9.17) is 14.5 Å². The van der Waals surface area contributed by atoms with Crippen molar-refractivity contribution in [1.29, 1.82) is 0 Å². The summed E-state index contributed by atoms with van der Waals surface area (Å²) in [4.78, 5) is 7.33. The van der Waals surface area contributed by atoms with Crippen molar-refractivity contribution in [2.45, 2.75) is 33.6 Å². The monoisotopic (exact) mass is 362 g/mol. The predicted octanol–water partition coefficient (Wildman–Crippen LogP) is 3.20. The second kappa shape index (κ2) is 10.9. The quantitative estimate of drug-likeness (QED) is 0.549. The average Bonchev–Trinajstić information content (AvgIpc) is 2.67. The lowest BCUT2D eigenvalue weighted by Gasteiger charge is -2.31. The number of nitrogens with zero attached hydrogens (tertiary/aromatic N) is 2. The standard InChI is InChI=1S/C20H34N4O2/c1-5-21-20(22-14-16-9-8-12-24(6-2)15-16)23-17-10-11-18(26-7-3)19(13-17)25-4/h10-11,13,16H,5-9,12,14-15H2,1-4H3,(H2,21,22,23). The van der Waals surface area contributed by atoms with Gasteiger partial charge in [-0.15, -0.1) is 0 Å². The maximum atomic E-state index is 5.58. The normalized spacial score (nSPS) is 18.5. The molecule has 0 amide bonds. The number of ether oxygens (including phenoxy) is 2. The molecule has 1 aliphatic heterocycles. The van der Waals surface area contributed by atoms with E-state index in [1.165, 1.54) is 19.4 Å². The van der Waals surface area contributed by atoms with Crippen molar-refractivity contribution >= 4 is 11.6 Å². The number of guanidine groups is 1. The summed E-state index contributed by atoms with van der Waals surface area (Å²) in [6, 6.07) is 5.85. The lowest BCUT2D eigenvalue weighted by Crippen LogP contribution is -2.37. The van der Waals surface area contributed by atoms with Crippen molar-refractivity contribution in [2.24, 2.45) is 10.9 Å². The first kappa shape index (κ1) is 20.4. The molecular weight excluding hydrogens is 328 g/mol. The fourth-order valence-electron chi connectivity index (χ4n) is 3.27. The van der Waals surface area contributed by atoms with Gasteiger partial charge in [0.1, 0.15) is 0 Å². The van der Waals surface area contributed by atoms with Gasteiger partial charge in [-0.25, -0.2) is 0 Å². The Balaban J connectivity index is 2.02. The van der Waals surface area contributed by atoms with Crippen molar-refractivity contribution in [1.82, 2.24) is 10.2 Å². The predicted molar refractivity (Wildman–Crippen MR) is 109 cm³/mol. The van der Waals surface area contributed by atoms with Crippen LogP contribution in [0.15, 0.2) is 23.2 Å². The van der Waals surface area contributed by atoms with Gasteiger partial charge in [-0.2, -0.15) is 0 Å². The summed E-state index contributed by atoms with van der Waals surface area (Å²) in [5.74, 6) is 2.92. The van der Waals surface area contributed by atoms with Crippen LogP contribution in [0.25, 0.3) is 0 Å². The third kappa shape index (κ3) is 6.09. The van der Waals surface area contributed by atoms with Crippen LogP contribution in [-0.4, -0.2) is 57.3 Å². The van der Waals surface area contributed by atoms with Crippen LogP contribution in [0, 0.1) is 5.92 Å². The van der Waals surface area contributed by atoms with Gasteiger partial charge in [0.15, 0.2) is 17.5 Å². The second-order valence-electron chi connectivity index (χ2n) is 6.54. The van der Waals surface area contributed by atoms with E-state index < -0.39 is 0 Å². The van der Waals surface area contributed by atoms with Gasteiger partial charge in [-0.1, -0.05) is 6.92 Å². The van der Waals surface area contributed by atoms with Crippen molar-refractivity contribution in [3.8, 4) is 11.5 Å². The van der Waals surface area contributed by atoms with E-state index in [1.807, 2.05) is 25.1 Å². The van der Waals surface area contributed by atoms with E-state index in [0.717, 1.165) is 49.3 Å². The van der Waals surface area contributed by atoms with Crippen molar-refractivity contribution in [3.05, 3.63) is 18.2 Å². The minimum Gasteiger partial charge on any atom is -0.493 e. The molecular formula is C20H34N4O2. The SMILES string of the molecule is CCNC(=NCC1CCCN(CC)C1)Nc1ccc(OCC)c(OC)c1. The number of methoxy groups -OCH3 is 1. The lowest BCUT2D eigenvalue weighted by atomic mass is 9.98. The summed E-state index contributed by atoms with van der Waals surface area (Å²) >= 11 is 0. The Morgan fingerprint density at radius 2 is 2.12 bits per heavy atom. The Bertz CT molecular complexity index is 577. The third-order valence-corrected chi connectivity index (χ3v) is 4.63. The molecule has 0 saturated carbocycles. The molecule has 6 nitrogen and oxygen atoms in total. The maximum Gasteiger partial charge on any atom is 0.195 e. The molecule has 1 aromatic carbocycles. The smallest absolute Gasteiger partial charge is 0.195 e. The average molecular weight is 363 g/mol. The molecule has 0 aliphatic carbocycles. The summed E-state index contributed by atoms with van der Waals surface area (Å²) in [6.07, 6.45) is 2.53. The highest BCUT2D eigenvalue weighted by molar-refractivity contribution is 5.93. The molecule has 1 atom stereocenters. The number of piperidine rings is 1. The summed E-state index contributed by atoms with van der Waals surface area (Å²) in [6.45, 7) is 12.1. The summed E-state index contributed by atoms with van der Waals surface area (Å²) in [5.41, 5.74) is 0.934. The van der Waals surface area contributed by atoms with Gasteiger partial charge in [-0.3, -0.25) is 4.99 Å². The van der Waals surface area contributed by atoms with Crippen LogP contribution in [0.3, 0.4) is 0 Å². The minimum absolute atomic E-state index is 0.614. The van der Waals surface area contributed by atoms with Crippen LogP contribution in [0.4, 0.5) is 5.69 Å². The summed E-state index contributed by atoms with van der Waals surface area (Å²) in [7, 11) is 1.66. The van der Waals surface area contributed by atoms with E-state index in [9.17, 15) is 0 Å². The number of rotatable bonds is 8. The fourth-order valence-corrected chi connectivity index (χ4v) is 3.27. The zero-order valence-electron chi connectivity index (χ0n) is 16.7. The highest BCUT2D eigenvalue weighted by Crippen LogP contribution is 2.30. The molecule has 146 valence electrons. The van der Waals surface area contributed by atoms with Crippen LogP contribution in [0.2, 0.25) is 0 Å². The second-order valence-corrected chi connectivity index (χ2v) is 6.54. The minimum atomic E-state index is 0.614. The van der Waals surface area contributed by atoms with Crippen LogP contribution in [0.5, 0.6) is 11.5 Å². The zero-order valence-corrected chi connectivity index (χ0v) is 16.7. The molecule has 26 heavy (non-hydrogen) atoms. The summed E-state index contributed by atoms with van der Waals surface area (Å²) in [5, 5.41) is 6.70. The molecule has 1 heterocycles. The highest BCUT2D eigenvalue weighted by atomic mass is 16.5.